The number of hydrogen-bond acceptors (Lipinski definition) is 8. The Hall–Kier alpha value is -2.31. The van der Waals surface area contributed by atoms with Crippen LogP contribution < -0.4 is 25.0 Å². The molecule has 0 amide bonds. The number of methoxy groups -OCH3 is 1. The molecule has 0 spiro atoms. The molecule has 3 aromatic rings. The third-order valence-corrected chi connectivity index (χ3v) is 6.83. The number of nitrogens with zero attached hydrogens (tertiary/aromatic N) is 2. The molecule has 180 valence electrons. The predicted molar refractivity (Wildman–Crippen MR) is 135 cm³/mol. The van der Waals surface area contributed by atoms with Gasteiger partial charge < -0.3 is 20.3 Å². The topological polar surface area (TPSA) is 95.6 Å². The summed E-state index contributed by atoms with van der Waals surface area (Å²) in [7, 11) is 1.16. The highest BCUT2D eigenvalue weighted by molar-refractivity contribution is 7.92. The van der Waals surface area contributed by atoms with Crippen molar-refractivity contribution in [1.82, 2.24) is 10.3 Å². The molecule has 13 heteroatoms. The highest BCUT2D eigenvalue weighted by Crippen LogP contribution is 2.36. The maximum Gasteiger partial charge on any atom is 0.266 e. The number of anilines is 4. The smallest absolute Gasteiger partial charge is 0.266 e. The van der Waals surface area contributed by atoms with Gasteiger partial charge in [0.15, 0.2) is 5.82 Å². The lowest BCUT2D eigenvalue weighted by Gasteiger charge is -2.24. The SMILES string of the molecule is CNCCN(C)c1cc(OC)ccc1Nc1cc(F)c(S(=O)(=O)Nc2cscn2)cc1Cl.Cl. The first-order valence-corrected chi connectivity index (χ1v) is 12.3. The molecule has 0 saturated carbocycles. The van der Waals surface area contributed by atoms with Crippen LogP contribution in [0.15, 0.2) is 46.1 Å². The first-order valence-electron chi connectivity index (χ1n) is 9.46. The van der Waals surface area contributed by atoms with Crippen molar-refractivity contribution in [2.45, 2.75) is 4.90 Å². The fourth-order valence-electron chi connectivity index (χ4n) is 2.89. The van der Waals surface area contributed by atoms with E-state index in [2.05, 4.69) is 20.3 Å². The van der Waals surface area contributed by atoms with E-state index in [0.29, 0.717) is 18.0 Å². The van der Waals surface area contributed by atoms with E-state index in [-0.39, 0.29) is 28.9 Å². The minimum Gasteiger partial charge on any atom is -0.497 e. The molecule has 0 aliphatic heterocycles. The van der Waals surface area contributed by atoms with E-state index in [1.165, 1.54) is 22.2 Å². The number of aromatic nitrogens is 1. The van der Waals surface area contributed by atoms with Gasteiger partial charge in [0, 0.05) is 37.6 Å². The average molecular weight is 536 g/mol. The summed E-state index contributed by atoms with van der Waals surface area (Å²) in [6, 6.07) is 7.52. The molecular weight excluding hydrogens is 512 g/mol. The Balaban J connectivity index is 0.00000385. The van der Waals surface area contributed by atoms with Crippen molar-refractivity contribution in [2.24, 2.45) is 0 Å². The molecule has 0 fully saturated rings. The molecule has 0 aliphatic carbocycles. The van der Waals surface area contributed by atoms with Crippen molar-refractivity contribution in [3.8, 4) is 5.75 Å². The Morgan fingerprint density at radius 2 is 2.00 bits per heavy atom. The molecule has 0 radical (unpaired) electrons. The van der Waals surface area contributed by atoms with E-state index < -0.39 is 20.7 Å². The van der Waals surface area contributed by atoms with E-state index >= 15 is 0 Å². The predicted octanol–water partition coefficient (Wildman–Crippen LogP) is 4.57. The van der Waals surface area contributed by atoms with Crippen LogP contribution in [0.2, 0.25) is 5.02 Å². The molecule has 0 unspecified atom stereocenters. The number of sulfonamides is 1. The molecule has 8 nitrogen and oxygen atoms in total. The van der Waals surface area contributed by atoms with Crippen molar-refractivity contribution < 1.29 is 17.5 Å². The summed E-state index contributed by atoms with van der Waals surface area (Å²) < 4.78 is 47.5. The molecule has 0 saturated heterocycles. The number of ether oxygens (including phenoxy) is 1. The van der Waals surface area contributed by atoms with E-state index in [0.717, 1.165) is 24.4 Å². The Bertz CT molecular complexity index is 1180. The van der Waals surface area contributed by atoms with Crippen LogP contribution in [0.1, 0.15) is 0 Å². The van der Waals surface area contributed by atoms with Gasteiger partial charge in [0.2, 0.25) is 0 Å². The zero-order valence-electron chi connectivity index (χ0n) is 18.1. The van der Waals surface area contributed by atoms with Gasteiger partial charge in [-0.3, -0.25) is 4.72 Å². The minimum atomic E-state index is -4.19. The molecule has 33 heavy (non-hydrogen) atoms. The second-order valence-corrected chi connectivity index (χ2v) is 9.55. The summed E-state index contributed by atoms with van der Waals surface area (Å²) in [6.45, 7) is 1.46. The van der Waals surface area contributed by atoms with Gasteiger partial charge in [0.05, 0.1) is 34.7 Å². The highest BCUT2D eigenvalue weighted by atomic mass is 35.5. The van der Waals surface area contributed by atoms with Crippen LogP contribution in [0.4, 0.5) is 27.3 Å². The van der Waals surface area contributed by atoms with Gasteiger partial charge in [0.25, 0.3) is 10.0 Å². The van der Waals surface area contributed by atoms with Gasteiger partial charge in [0.1, 0.15) is 16.5 Å². The lowest BCUT2D eigenvalue weighted by Crippen LogP contribution is -2.27. The maximum absolute atomic E-state index is 14.8. The molecule has 0 atom stereocenters. The summed E-state index contributed by atoms with van der Waals surface area (Å²) in [5, 5.41) is 7.74. The minimum absolute atomic E-state index is 0. The molecule has 1 heterocycles. The van der Waals surface area contributed by atoms with Gasteiger partial charge >= 0.3 is 0 Å². The zero-order valence-corrected chi connectivity index (χ0v) is 21.3. The second-order valence-electron chi connectivity index (χ2n) is 6.77. The van der Waals surface area contributed by atoms with Crippen molar-refractivity contribution in [2.75, 3.05) is 49.2 Å². The summed E-state index contributed by atoms with van der Waals surface area (Å²) in [5.41, 5.74) is 3.15. The van der Waals surface area contributed by atoms with Crippen LogP contribution in [0.25, 0.3) is 0 Å². The number of hydrogen-bond donors (Lipinski definition) is 3. The van der Waals surface area contributed by atoms with E-state index in [1.54, 1.807) is 19.2 Å². The fourth-order valence-corrected chi connectivity index (χ4v) is 4.81. The standard InChI is InChI=1S/C20H23ClFN5O3S2.ClH/c1-23-6-7-27(2)18-8-13(30-3)4-5-16(18)25-17-10-15(22)19(9-14(17)21)32(28,29)26-20-11-31-12-24-20;/h4-5,8-12,23,25-26H,6-7H2,1-3H3;1H. The molecule has 2 aromatic carbocycles. The lowest BCUT2D eigenvalue weighted by atomic mass is 10.2. The maximum atomic E-state index is 14.8. The van der Waals surface area contributed by atoms with Crippen LogP contribution >= 0.6 is 35.3 Å². The van der Waals surface area contributed by atoms with Gasteiger partial charge in [-0.15, -0.1) is 23.7 Å². The first kappa shape index (κ1) is 26.9. The number of rotatable bonds is 10. The summed E-state index contributed by atoms with van der Waals surface area (Å²) in [4.78, 5) is 5.29. The van der Waals surface area contributed by atoms with Crippen LogP contribution in [0.5, 0.6) is 5.75 Å². The Morgan fingerprint density at radius 1 is 1.24 bits per heavy atom. The van der Waals surface area contributed by atoms with Crippen molar-refractivity contribution in [3.05, 3.63) is 52.1 Å². The highest BCUT2D eigenvalue weighted by Gasteiger charge is 2.23. The van der Waals surface area contributed by atoms with Crippen molar-refractivity contribution in [3.63, 3.8) is 0 Å². The zero-order chi connectivity index (χ0) is 23.3. The number of halogens is 3. The Labute approximate surface area is 207 Å². The Kier molecular flexibility index (Phi) is 9.56. The van der Waals surface area contributed by atoms with E-state index in [9.17, 15) is 12.8 Å². The van der Waals surface area contributed by atoms with Crippen molar-refractivity contribution >= 4 is 68.2 Å². The number of nitrogens with one attached hydrogen (secondary N) is 3. The second kappa shape index (κ2) is 11.7. The fraction of sp³-hybridized carbons (Fsp3) is 0.250. The van der Waals surface area contributed by atoms with Crippen molar-refractivity contribution in [1.29, 1.82) is 0 Å². The molecule has 3 N–H and O–H groups in total. The van der Waals surface area contributed by atoms with Crippen LogP contribution in [-0.2, 0) is 10.0 Å². The monoisotopic (exact) mass is 535 g/mol. The molecule has 1 aromatic heterocycles. The van der Waals surface area contributed by atoms with Gasteiger partial charge in [-0.1, -0.05) is 11.6 Å². The normalized spacial score (nSPS) is 10.9. The van der Waals surface area contributed by atoms with Gasteiger partial charge in [-0.25, -0.2) is 17.8 Å². The molecular formula is C20H24Cl2FN5O3S2. The van der Waals surface area contributed by atoms with E-state index in [1.807, 2.05) is 25.1 Å². The molecule has 3 rings (SSSR count). The third-order valence-electron chi connectivity index (χ3n) is 4.57. The van der Waals surface area contributed by atoms with Crippen LogP contribution in [0, 0.1) is 5.82 Å². The largest absolute Gasteiger partial charge is 0.497 e. The number of benzene rings is 2. The average Bonchev–Trinajstić information content (AvgIpc) is 3.26. The summed E-state index contributed by atoms with van der Waals surface area (Å²) in [5.74, 6) is -0.174. The van der Waals surface area contributed by atoms with E-state index in [4.69, 9.17) is 16.3 Å². The van der Waals surface area contributed by atoms with Gasteiger partial charge in [-0.05, 0) is 25.2 Å². The molecule has 0 bridgehead atoms. The summed E-state index contributed by atoms with van der Waals surface area (Å²) >= 11 is 7.54. The first-order chi connectivity index (χ1) is 15.2. The van der Waals surface area contributed by atoms with Crippen LogP contribution in [-0.4, -0.2) is 47.7 Å². The lowest BCUT2D eigenvalue weighted by molar-refractivity contribution is 0.415. The van der Waals surface area contributed by atoms with Crippen LogP contribution in [0.3, 0.4) is 0 Å². The number of likely N-dealkylation sites (N-methyl/N-ethyl adjacent to an activating group) is 2. The summed E-state index contributed by atoms with van der Waals surface area (Å²) in [6.07, 6.45) is 0. The molecule has 0 aliphatic rings. The number of thiazole rings is 1. The quantitative estimate of drug-likeness (QED) is 0.350. The third kappa shape index (κ3) is 6.61. The Morgan fingerprint density at radius 3 is 2.64 bits per heavy atom. The van der Waals surface area contributed by atoms with Gasteiger partial charge in [-0.2, -0.15) is 0 Å².